The van der Waals surface area contributed by atoms with Crippen LogP contribution in [0.5, 0.6) is 11.5 Å². The van der Waals surface area contributed by atoms with Gasteiger partial charge in [0.1, 0.15) is 11.5 Å². The third-order valence-corrected chi connectivity index (χ3v) is 5.39. The summed E-state index contributed by atoms with van der Waals surface area (Å²) in [5.41, 5.74) is 4.06. The van der Waals surface area contributed by atoms with Gasteiger partial charge in [-0.25, -0.2) is 0 Å². The molecule has 1 aliphatic rings. The number of anilines is 1. The lowest BCUT2D eigenvalue weighted by molar-refractivity contribution is 0.415. The van der Waals surface area contributed by atoms with E-state index < -0.39 is 0 Å². The Bertz CT molecular complexity index is 994. The number of nitrogens with zero attached hydrogens (tertiary/aromatic N) is 1. The van der Waals surface area contributed by atoms with E-state index in [-0.39, 0.29) is 5.75 Å². The highest BCUT2D eigenvalue weighted by Crippen LogP contribution is 2.43. The standard InChI is InChI=1S/C23H19NO2S/c1-26-20-13-11-17(12-14-20)19-15-23(18-7-3-2-4-8-18)27-24(16-19)21-9-5-6-10-22(21)25/h2-16,25H,1H3. The summed E-state index contributed by atoms with van der Waals surface area (Å²) in [7, 11) is 1.67. The van der Waals surface area contributed by atoms with E-state index in [1.165, 1.54) is 0 Å². The van der Waals surface area contributed by atoms with Crippen molar-refractivity contribution in [1.82, 2.24) is 0 Å². The van der Waals surface area contributed by atoms with Crippen molar-refractivity contribution in [3.05, 3.63) is 102 Å². The number of methoxy groups -OCH3 is 1. The molecule has 0 saturated heterocycles. The maximum Gasteiger partial charge on any atom is 0.140 e. The monoisotopic (exact) mass is 373 g/mol. The fourth-order valence-electron chi connectivity index (χ4n) is 2.91. The molecule has 0 saturated carbocycles. The van der Waals surface area contributed by atoms with Gasteiger partial charge in [0.25, 0.3) is 0 Å². The minimum atomic E-state index is 0.254. The summed E-state index contributed by atoms with van der Waals surface area (Å²) in [6, 6.07) is 25.7. The number of benzene rings is 3. The van der Waals surface area contributed by atoms with Gasteiger partial charge in [-0.1, -0.05) is 54.6 Å². The number of allylic oxidation sites excluding steroid dienone is 2. The van der Waals surface area contributed by atoms with Gasteiger partial charge >= 0.3 is 0 Å². The van der Waals surface area contributed by atoms with Gasteiger partial charge in [0.05, 0.1) is 12.8 Å². The van der Waals surface area contributed by atoms with E-state index in [0.717, 1.165) is 33.0 Å². The SMILES string of the molecule is COc1ccc(C2=CN(c3ccccc3O)SC(c3ccccc3)=C2)cc1. The van der Waals surface area contributed by atoms with Gasteiger partial charge < -0.3 is 9.84 Å². The lowest BCUT2D eigenvalue weighted by Crippen LogP contribution is -2.10. The third kappa shape index (κ3) is 3.71. The van der Waals surface area contributed by atoms with Crippen molar-refractivity contribution in [1.29, 1.82) is 0 Å². The van der Waals surface area contributed by atoms with E-state index in [4.69, 9.17) is 4.74 Å². The lowest BCUT2D eigenvalue weighted by atomic mass is 10.0. The van der Waals surface area contributed by atoms with Crippen molar-refractivity contribution < 1.29 is 9.84 Å². The van der Waals surface area contributed by atoms with Crippen LogP contribution in [0.2, 0.25) is 0 Å². The first-order valence-corrected chi connectivity index (χ1v) is 9.40. The van der Waals surface area contributed by atoms with Gasteiger partial charge in [-0.3, -0.25) is 4.31 Å². The van der Waals surface area contributed by atoms with Crippen LogP contribution in [0.15, 0.2) is 91.1 Å². The molecule has 1 aliphatic heterocycles. The predicted octanol–water partition coefficient (Wildman–Crippen LogP) is 5.95. The molecule has 0 bridgehead atoms. The number of phenols is 1. The third-order valence-electron chi connectivity index (χ3n) is 4.34. The van der Waals surface area contributed by atoms with Crippen molar-refractivity contribution in [2.24, 2.45) is 0 Å². The smallest absolute Gasteiger partial charge is 0.140 e. The minimum Gasteiger partial charge on any atom is -0.506 e. The molecular weight excluding hydrogens is 354 g/mol. The number of rotatable bonds is 4. The Balaban J connectivity index is 1.79. The zero-order chi connectivity index (χ0) is 18.6. The summed E-state index contributed by atoms with van der Waals surface area (Å²) >= 11 is 1.59. The number of ether oxygens (including phenoxy) is 1. The molecule has 0 aliphatic carbocycles. The molecular formula is C23H19NO2S. The second-order valence-corrected chi connectivity index (χ2v) is 7.11. The van der Waals surface area contributed by atoms with Crippen LogP contribution in [0.25, 0.3) is 10.5 Å². The molecule has 0 spiro atoms. The molecule has 4 rings (SSSR count). The molecule has 0 radical (unpaired) electrons. The Morgan fingerprint density at radius 3 is 2.22 bits per heavy atom. The van der Waals surface area contributed by atoms with Gasteiger partial charge in [-0.05, 0) is 53.4 Å². The van der Waals surface area contributed by atoms with E-state index in [2.05, 4.69) is 18.2 Å². The summed E-state index contributed by atoms with van der Waals surface area (Å²) in [5.74, 6) is 1.08. The molecule has 0 fully saturated rings. The molecule has 0 aromatic heterocycles. The zero-order valence-electron chi connectivity index (χ0n) is 14.9. The first kappa shape index (κ1) is 17.3. The van der Waals surface area contributed by atoms with E-state index in [9.17, 15) is 5.11 Å². The van der Waals surface area contributed by atoms with E-state index in [1.54, 1.807) is 25.1 Å². The average molecular weight is 373 g/mol. The van der Waals surface area contributed by atoms with Crippen LogP contribution in [0.4, 0.5) is 5.69 Å². The summed E-state index contributed by atoms with van der Waals surface area (Å²) < 4.78 is 7.28. The minimum absolute atomic E-state index is 0.254. The van der Waals surface area contributed by atoms with Crippen LogP contribution in [0.3, 0.4) is 0 Å². The van der Waals surface area contributed by atoms with Crippen LogP contribution < -0.4 is 9.04 Å². The van der Waals surface area contributed by atoms with Crippen molar-refractivity contribution in [2.45, 2.75) is 0 Å². The van der Waals surface area contributed by atoms with E-state index in [0.29, 0.717) is 0 Å². The maximum atomic E-state index is 10.3. The predicted molar refractivity (Wildman–Crippen MR) is 114 cm³/mol. The molecule has 0 atom stereocenters. The van der Waals surface area contributed by atoms with Crippen molar-refractivity contribution >= 4 is 28.1 Å². The number of aromatic hydroxyl groups is 1. The normalized spacial score (nSPS) is 13.7. The van der Waals surface area contributed by atoms with Gasteiger partial charge in [0, 0.05) is 16.7 Å². The Hall–Kier alpha value is -3.11. The molecule has 3 nitrogen and oxygen atoms in total. The first-order valence-electron chi connectivity index (χ1n) is 8.63. The zero-order valence-corrected chi connectivity index (χ0v) is 15.7. The van der Waals surface area contributed by atoms with Crippen molar-refractivity contribution in [3.8, 4) is 11.5 Å². The molecule has 134 valence electrons. The molecule has 27 heavy (non-hydrogen) atoms. The summed E-state index contributed by atoms with van der Waals surface area (Å²) in [4.78, 5) is 1.12. The highest BCUT2D eigenvalue weighted by Gasteiger charge is 2.19. The van der Waals surface area contributed by atoms with Crippen LogP contribution in [0, 0.1) is 0 Å². The van der Waals surface area contributed by atoms with Gasteiger partial charge in [0.15, 0.2) is 0 Å². The fourth-order valence-corrected chi connectivity index (χ4v) is 3.96. The largest absolute Gasteiger partial charge is 0.506 e. The van der Waals surface area contributed by atoms with E-state index >= 15 is 0 Å². The number of phenolic OH excluding ortho intramolecular Hbond substituents is 1. The van der Waals surface area contributed by atoms with Crippen molar-refractivity contribution in [3.63, 3.8) is 0 Å². The fraction of sp³-hybridized carbons (Fsp3) is 0.0435. The molecule has 1 N–H and O–H groups in total. The Morgan fingerprint density at radius 2 is 1.52 bits per heavy atom. The summed E-state index contributed by atoms with van der Waals surface area (Å²) in [6.07, 6.45) is 4.23. The Labute approximate surface area is 163 Å². The van der Waals surface area contributed by atoms with Gasteiger partial charge in [0.2, 0.25) is 0 Å². The number of para-hydroxylation sites is 2. The van der Waals surface area contributed by atoms with E-state index in [1.807, 2.05) is 71.2 Å². The number of hydrogen-bond acceptors (Lipinski definition) is 4. The second-order valence-electron chi connectivity index (χ2n) is 6.09. The molecule has 3 aromatic rings. The van der Waals surface area contributed by atoms with Crippen LogP contribution >= 0.6 is 11.9 Å². The second kappa shape index (κ2) is 7.64. The first-order chi connectivity index (χ1) is 13.2. The van der Waals surface area contributed by atoms with Gasteiger partial charge in [-0.2, -0.15) is 0 Å². The Kier molecular flexibility index (Phi) is 4.90. The molecule has 0 amide bonds. The molecule has 3 aromatic carbocycles. The summed E-state index contributed by atoms with van der Waals surface area (Å²) in [5, 5.41) is 10.3. The average Bonchev–Trinajstić information content (AvgIpc) is 2.74. The van der Waals surface area contributed by atoms with Crippen LogP contribution in [-0.4, -0.2) is 12.2 Å². The highest BCUT2D eigenvalue weighted by atomic mass is 32.2. The quantitative estimate of drug-likeness (QED) is 0.573. The topological polar surface area (TPSA) is 32.7 Å². The Morgan fingerprint density at radius 1 is 0.815 bits per heavy atom. The molecule has 1 heterocycles. The summed E-state index contributed by atoms with van der Waals surface area (Å²) in [6.45, 7) is 0. The number of hydrogen-bond donors (Lipinski definition) is 1. The highest BCUT2D eigenvalue weighted by molar-refractivity contribution is 8.09. The van der Waals surface area contributed by atoms with Crippen LogP contribution in [0.1, 0.15) is 11.1 Å². The molecule has 4 heteroatoms. The lowest BCUT2D eigenvalue weighted by Gasteiger charge is -2.26. The van der Waals surface area contributed by atoms with Gasteiger partial charge in [-0.15, -0.1) is 0 Å². The maximum absolute atomic E-state index is 10.3. The van der Waals surface area contributed by atoms with Crippen molar-refractivity contribution in [2.75, 3.05) is 11.4 Å². The van der Waals surface area contributed by atoms with Crippen LogP contribution in [-0.2, 0) is 0 Å². The molecule has 0 unspecified atom stereocenters.